The zero-order valence-electron chi connectivity index (χ0n) is 6.30. The lowest BCUT2D eigenvalue weighted by molar-refractivity contribution is -0.148. The molecule has 0 aliphatic carbocycles. The maximum absolute atomic E-state index is 10.4. The largest absolute Gasteiger partial charge is 0.508 e. The van der Waals surface area contributed by atoms with Crippen LogP contribution in [0, 0.1) is 0 Å². The molecule has 1 rings (SSSR count). The fourth-order valence-corrected chi connectivity index (χ4v) is 0.776. The number of hydrogen-bond donors (Lipinski definition) is 3. The van der Waals surface area contributed by atoms with Gasteiger partial charge in [0.2, 0.25) is 11.9 Å². The summed E-state index contributed by atoms with van der Waals surface area (Å²) in [7, 11) is 0. The summed E-state index contributed by atoms with van der Waals surface area (Å²) in [4.78, 5) is 20.7. The molecule has 0 aromatic heterocycles. The van der Waals surface area contributed by atoms with Crippen molar-refractivity contribution in [2.75, 3.05) is 0 Å². The summed E-state index contributed by atoms with van der Waals surface area (Å²) in [6.07, 6.45) is 0.285. The molecule has 0 saturated carbocycles. The summed E-state index contributed by atoms with van der Waals surface area (Å²) in [6.45, 7) is 0. The molecule has 1 aliphatic heterocycles. The Morgan fingerprint density at radius 2 is 2.00 bits per heavy atom. The van der Waals surface area contributed by atoms with Crippen molar-refractivity contribution in [1.29, 1.82) is 0 Å². The number of allylic oxidation sites excluding steroid dienone is 1. The quantitative estimate of drug-likeness (QED) is 0.555. The molecule has 0 amide bonds. The van der Waals surface area contributed by atoms with Crippen molar-refractivity contribution in [3.63, 3.8) is 0 Å². The normalized spacial score (nSPS) is 21.1. The van der Waals surface area contributed by atoms with Crippen molar-refractivity contribution in [3.05, 3.63) is 23.7 Å². The van der Waals surface area contributed by atoms with Crippen LogP contribution in [-0.4, -0.2) is 33.4 Å². The van der Waals surface area contributed by atoms with Crippen LogP contribution in [0.15, 0.2) is 23.7 Å². The van der Waals surface area contributed by atoms with Crippen molar-refractivity contribution >= 4 is 11.9 Å². The van der Waals surface area contributed by atoms with E-state index in [0.717, 1.165) is 12.2 Å². The molecule has 0 spiro atoms. The average Bonchev–Trinajstić information content (AvgIpc) is 2.03. The predicted octanol–water partition coefficient (Wildman–Crippen LogP) is -0.120. The number of rotatable bonds is 2. The first-order chi connectivity index (χ1) is 6.00. The SMILES string of the molecule is O=C(O)C1=CC(O)=CC(C(=O)O)O1. The Labute approximate surface area is 72.4 Å². The van der Waals surface area contributed by atoms with E-state index in [4.69, 9.17) is 15.3 Å². The number of aliphatic carboxylic acids is 2. The van der Waals surface area contributed by atoms with Crippen LogP contribution in [0.1, 0.15) is 0 Å². The van der Waals surface area contributed by atoms with E-state index in [9.17, 15) is 9.59 Å². The van der Waals surface area contributed by atoms with Crippen LogP contribution in [0.2, 0.25) is 0 Å². The van der Waals surface area contributed by atoms with Gasteiger partial charge in [-0.25, -0.2) is 9.59 Å². The van der Waals surface area contributed by atoms with E-state index in [1.165, 1.54) is 0 Å². The van der Waals surface area contributed by atoms with E-state index in [0.29, 0.717) is 0 Å². The van der Waals surface area contributed by atoms with Gasteiger partial charge in [-0.3, -0.25) is 0 Å². The van der Waals surface area contributed by atoms with Crippen LogP contribution < -0.4 is 0 Å². The maximum Gasteiger partial charge on any atom is 0.371 e. The third-order valence-electron chi connectivity index (χ3n) is 1.31. The van der Waals surface area contributed by atoms with E-state index in [-0.39, 0.29) is 0 Å². The maximum atomic E-state index is 10.4. The number of carboxylic acids is 2. The molecule has 0 fully saturated rings. The predicted molar refractivity (Wildman–Crippen MR) is 38.9 cm³/mol. The van der Waals surface area contributed by atoms with Crippen LogP contribution in [0.25, 0.3) is 0 Å². The zero-order valence-corrected chi connectivity index (χ0v) is 6.30. The highest BCUT2D eigenvalue weighted by atomic mass is 16.5. The monoisotopic (exact) mass is 186 g/mol. The van der Waals surface area contributed by atoms with Crippen LogP contribution in [0.4, 0.5) is 0 Å². The third-order valence-corrected chi connectivity index (χ3v) is 1.31. The first-order valence-electron chi connectivity index (χ1n) is 3.26. The Morgan fingerprint density at radius 1 is 1.38 bits per heavy atom. The smallest absolute Gasteiger partial charge is 0.371 e. The minimum atomic E-state index is -1.45. The lowest BCUT2D eigenvalue weighted by Crippen LogP contribution is -2.26. The van der Waals surface area contributed by atoms with Gasteiger partial charge in [-0.05, 0) is 0 Å². The number of hydrogen-bond acceptors (Lipinski definition) is 4. The molecule has 1 aliphatic rings. The van der Waals surface area contributed by atoms with Crippen molar-refractivity contribution in [2.45, 2.75) is 6.10 Å². The summed E-state index contributed by atoms with van der Waals surface area (Å²) >= 11 is 0. The van der Waals surface area contributed by atoms with Gasteiger partial charge in [0.05, 0.1) is 0 Å². The first-order valence-corrected chi connectivity index (χ1v) is 3.26. The van der Waals surface area contributed by atoms with Gasteiger partial charge >= 0.3 is 11.9 Å². The summed E-state index contributed by atoms with van der Waals surface area (Å²) in [5, 5.41) is 25.8. The molecule has 3 N–H and O–H groups in total. The second kappa shape index (κ2) is 3.18. The first kappa shape index (κ1) is 9.11. The van der Waals surface area contributed by atoms with Crippen molar-refractivity contribution < 1.29 is 29.6 Å². The van der Waals surface area contributed by atoms with Gasteiger partial charge in [-0.2, -0.15) is 0 Å². The van der Waals surface area contributed by atoms with Gasteiger partial charge in [-0.1, -0.05) is 0 Å². The van der Waals surface area contributed by atoms with E-state index in [2.05, 4.69) is 4.74 Å². The molecule has 6 nitrogen and oxygen atoms in total. The van der Waals surface area contributed by atoms with Crippen LogP contribution in [0.3, 0.4) is 0 Å². The minimum Gasteiger partial charge on any atom is -0.508 e. The second-order valence-electron chi connectivity index (χ2n) is 2.28. The molecule has 70 valence electrons. The van der Waals surface area contributed by atoms with Gasteiger partial charge < -0.3 is 20.1 Å². The van der Waals surface area contributed by atoms with Crippen molar-refractivity contribution in [1.82, 2.24) is 0 Å². The summed E-state index contributed by atoms with van der Waals surface area (Å²) in [6, 6.07) is 0. The molecule has 0 aromatic carbocycles. The number of aliphatic hydroxyl groups is 1. The van der Waals surface area contributed by atoms with Gasteiger partial charge in [0.25, 0.3) is 0 Å². The van der Waals surface area contributed by atoms with Crippen LogP contribution in [-0.2, 0) is 14.3 Å². The Bertz CT molecular complexity index is 313. The summed E-state index contributed by atoms with van der Waals surface area (Å²) in [5.74, 6) is -3.81. The Morgan fingerprint density at radius 3 is 2.46 bits per heavy atom. The third kappa shape index (κ3) is 1.98. The summed E-state index contributed by atoms with van der Waals surface area (Å²) < 4.78 is 4.51. The molecule has 0 aromatic rings. The van der Waals surface area contributed by atoms with Crippen molar-refractivity contribution in [3.8, 4) is 0 Å². The fourth-order valence-electron chi connectivity index (χ4n) is 0.776. The summed E-state index contributed by atoms with van der Waals surface area (Å²) in [5.41, 5.74) is 0. The lowest BCUT2D eigenvalue weighted by atomic mass is 10.2. The van der Waals surface area contributed by atoms with Gasteiger partial charge in [0.1, 0.15) is 5.76 Å². The second-order valence-corrected chi connectivity index (χ2v) is 2.28. The molecule has 1 atom stereocenters. The minimum absolute atomic E-state index is 0.434. The number of aliphatic hydroxyl groups excluding tert-OH is 1. The lowest BCUT2D eigenvalue weighted by Gasteiger charge is -2.15. The molecule has 1 heterocycles. The number of ether oxygens (including phenoxy) is 1. The molecular formula is C7H6O6. The Kier molecular flexibility index (Phi) is 2.23. The number of carboxylic acid groups (broad SMARTS) is 2. The van der Waals surface area contributed by atoms with Crippen LogP contribution >= 0.6 is 0 Å². The van der Waals surface area contributed by atoms with E-state index < -0.39 is 29.6 Å². The van der Waals surface area contributed by atoms with Crippen molar-refractivity contribution in [2.24, 2.45) is 0 Å². The van der Waals surface area contributed by atoms with Gasteiger partial charge in [0, 0.05) is 12.2 Å². The standard InChI is InChI=1S/C7H6O6/c8-3-1-4(6(9)10)13-5(2-3)7(11)12/h1-2,4,8H,(H,9,10)(H,11,12). The molecule has 0 radical (unpaired) electrons. The highest BCUT2D eigenvalue weighted by Gasteiger charge is 2.25. The van der Waals surface area contributed by atoms with Gasteiger partial charge in [-0.15, -0.1) is 0 Å². The molecule has 0 bridgehead atoms. The molecule has 1 unspecified atom stereocenters. The average molecular weight is 186 g/mol. The molecular weight excluding hydrogens is 180 g/mol. The van der Waals surface area contributed by atoms with E-state index >= 15 is 0 Å². The fraction of sp³-hybridized carbons (Fsp3) is 0.143. The topological polar surface area (TPSA) is 104 Å². The zero-order chi connectivity index (χ0) is 10.0. The molecule has 13 heavy (non-hydrogen) atoms. The molecule has 6 heteroatoms. The highest BCUT2D eigenvalue weighted by Crippen LogP contribution is 2.14. The van der Waals surface area contributed by atoms with Crippen LogP contribution in [0.5, 0.6) is 0 Å². The number of carbonyl (C=O) groups is 2. The highest BCUT2D eigenvalue weighted by molar-refractivity contribution is 5.86. The van der Waals surface area contributed by atoms with E-state index in [1.807, 2.05) is 0 Å². The van der Waals surface area contributed by atoms with Gasteiger partial charge in [0.15, 0.2) is 0 Å². The Balaban J connectivity index is 2.90. The molecule has 0 saturated heterocycles. The van der Waals surface area contributed by atoms with E-state index in [1.54, 1.807) is 0 Å². The Hall–Kier alpha value is -1.98.